The molecule has 0 unspecified atom stereocenters. The van der Waals surface area contributed by atoms with E-state index in [0.29, 0.717) is 18.3 Å². The molecule has 34 heavy (non-hydrogen) atoms. The molecule has 0 fully saturated rings. The third-order valence-electron chi connectivity index (χ3n) is 5.59. The van der Waals surface area contributed by atoms with Gasteiger partial charge in [0, 0.05) is 24.8 Å². The van der Waals surface area contributed by atoms with Crippen molar-refractivity contribution in [1.29, 1.82) is 0 Å². The highest BCUT2D eigenvalue weighted by atomic mass is 32.2. The van der Waals surface area contributed by atoms with Crippen molar-refractivity contribution in [3.63, 3.8) is 0 Å². The molecule has 3 aromatic rings. The largest absolute Gasteiger partial charge is 0.352 e. The highest BCUT2D eigenvalue weighted by Gasteiger charge is 2.14. The molecule has 0 aliphatic heterocycles. The Labute approximate surface area is 200 Å². The SMILES string of the molecule is CC(C)N(C)Cc1ccccc1CNC(=O)Cc1ccc(NS(=O)(=O)c2ccc(F)cc2)cc1. The summed E-state index contributed by atoms with van der Waals surface area (Å²) in [6.07, 6.45) is 0.180. The second kappa shape index (κ2) is 11.3. The number of nitrogens with one attached hydrogen (secondary N) is 2. The van der Waals surface area contributed by atoms with Crippen LogP contribution in [0.15, 0.2) is 77.7 Å². The van der Waals surface area contributed by atoms with Crippen LogP contribution in [0.1, 0.15) is 30.5 Å². The third-order valence-corrected chi connectivity index (χ3v) is 6.99. The molecule has 1 amide bonds. The molecular weight excluding hydrogens is 453 g/mol. The maximum absolute atomic E-state index is 13.1. The number of anilines is 1. The zero-order valence-corrected chi connectivity index (χ0v) is 20.4. The van der Waals surface area contributed by atoms with Gasteiger partial charge in [-0.05, 0) is 74.0 Å². The van der Waals surface area contributed by atoms with Crippen LogP contribution in [-0.2, 0) is 34.3 Å². The quantitative estimate of drug-likeness (QED) is 0.450. The van der Waals surface area contributed by atoms with Crippen LogP contribution in [0, 0.1) is 5.82 Å². The van der Waals surface area contributed by atoms with Gasteiger partial charge in [-0.15, -0.1) is 0 Å². The first-order valence-electron chi connectivity index (χ1n) is 11.0. The Balaban J connectivity index is 1.56. The normalized spacial score (nSPS) is 11.6. The number of hydrogen-bond acceptors (Lipinski definition) is 4. The summed E-state index contributed by atoms with van der Waals surface area (Å²) >= 11 is 0. The summed E-state index contributed by atoms with van der Waals surface area (Å²) in [5.74, 6) is -0.625. The molecule has 6 nitrogen and oxygen atoms in total. The number of sulfonamides is 1. The van der Waals surface area contributed by atoms with E-state index >= 15 is 0 Å². The second-order valence-corrected chi connectivity index (χ2v) is 10.2. The molecule has 0 heterocycles. The van der Waals surface area contributed by atoms with Crippen molar-refractivity contribution < 1.29 is 17.6 Å². The van der Waals surface area contributed by atoms with Crippen LogP contribution in [-0.4, -0.2) is 32.3 Å². The van der Waals surface area contributed by atoms with Crippen molar-refractivity contribution in [2.45, 2.75) is 44.3 Å². The topological polar surface area (TPSA) is 78.5 Å². The van der Waals surface area contributed by atoms with Crippen LogP contribution in [0.5, 0.6) is 0 Å². The predicted octanol–water partition coefficient (Wildman–Crippen LogP) is 4.33. The monoisotopic (exact) mass is 483 g/mol. The summed E-state index contributed by atoms with van der Waals surface area (Å²) in [6.45, 7) is 5.53. The molecule has 0 bridgehead atoms. The lowest BCUT2D eigenvalue weighted by atomic mass is 10.1. The summed E-state index contributed by atoms with van der Waals surface area (Å²) in [6, 6.07) is 19.7. The summed E-state index contributed by atoms with van der Waals surface area (Å²) in [4.78, 5) is 14.7. The Morgan fingerprint density at radius 2 is 1.56 bits per heavy atom. The fraction of sp³-hybridized carbons (Fsp3) is 0.269. The van der Waals surface area contributed by atoms with Crippen LogP contribution < -0.4 is 10.0 Å². The minimum atomic E-state index is -3.82. The van der Waals surface area contributed by atoms with Crippen LogP contribution in [0.3, 0.4) is 0 Å². The van der Waals surface area contributed by atoms with Gasteiger partial charge in [0.05, 0.1) is 11.3 Å². The van der Waals surface area contributed by atoms with E-state index in [2.05, 4.69) is 41.9 Å². The number of benzene rings is 3. The van der Waals surface area contributed by atoms with Crippen molar-refractivity contribution in [3.8, 4) is 0 Å². The van der Waals surface area contributed by atoms with Gasteiger partial charge in [-0.1, -0.05) is 36.4 Å². The zero-order valence-electron chi connectivity index (χ0n) is 19.6. The number of nitrogens with zero attached hydrogens (tertiary/aromatic N) is 1. The Morgan fingerprint density at radius 3 is 2.18 bits per heavy atom. The molecule has 0 aliphatic carbocycles. The molecule has 0 saturated carbocycles. The summed E-state index contributed by atoms with van der Waals surface area (Å²) in [5.41, 5.74) is 3.37. The first kappa shape index (κ1) is 25.4. The fourth-order valence-electron chi connectivity index (χ4n) is 3.30. The van der Waals surface area contributed by atoms with E-state index < -0.39 is 15.8 Å². The lowest BCUT2D eigenvalue weighted by Crippen LogP contribution is -2.28. The van der Waals surface area contributed by atoms with Crippen molar-refractivity contribution in [2.75, 3.05) is 11.8 Å². The zero-order chi connectivity index (χ0) is 24.7. The molecule has 0 saturated heterocycles. The molecule has 2 N–H and O–H groups in total. The van der Waals surface area contributed by atoms with Crippen molar-refractivity contribution >= 4 is 21.6 Å². The Morgan fingerprint density at radius 1 is 0.941 bits per heavy atom. The average molecular weight is 484 g/mol. The standard InChI is InChI=1S/C26H30FN3O3S/c1-19(2)30(3)18-22-7-5-4-6-21(22)17-28-26(31)16-20-8-12-24(13-9-20)29-34(32,33)25-14-10-23(27)11-15-25/h4-15,19,29H,16-18H2,1-3H3,(H,28,31). The van der Waals surface area contributed by atoms with E-state index in [-0.39, 0.29) is 17.2 Å². The summed E-state index contributed by atoms with van der Waals surface area (Å²) < 4.78 is 40.4. The van der Waals surface area contributed by atoms with Gasteiger partial charge in [0.1, 0.15) is 5.82 Å². The Hall–Kier alpha value is -3.23. The molecule has 0 aromatic heterocycles. The van der Waals surface area contributed by atoms with Crippen LogP contribution >= 0.6 is 0 Å². The van der Waals surface area contributed by atoms with Gasteiger partial charge in [-0.2, -0.15) is 0 Å². The lowest BCUT2D eigenvalue weighted by Gasteiger charge is -2.22. The Kier molecular flexibility index (Phi) is 8.41. The summed E-state index contributed by atoms with van der Waals surface area (Å²) in [7, 11) is -1.75. The number of carbonyl (C=O) groups excluding carboxylic acids is 1. The number of carbonyl (C=O) groups is 1. The summed E-state index contributed by atoms with van der Waals surface area (Å²) in [5, 5.41) is 2.97. The smallest absolute Gasteiger partial charge is 0.261 e. The minimum Gasteiger partial charge on any atom is -0.352 e. The van der Waals surface area contributed by atoms with E-state index in [1.54, 1.807) is 24.3 Å². The van der Waals surface area contributed by atoms with Gasteiger partial charge in [-0.3, -0.25) is 14.4 Å². The average Bonchev–Trinajstić information content (AvgIpc) is 2.80. The van der Waals surface area contributed by atoms with Crippen LogP contribution in [0.2, 0.25) is 0 Å². The van der Waals surface area contributed by atoms with Gasteiger partial charge in [-0.25, -0.2) is 12.8 Å². The molecule has 3 rings (SSSR count). The van der Waals surface area contributed by atoms with E-state index in [4.69, 9.17) is 0 Å². The number of rotatable bonds is 10. The Bertz CT molecular complexity index is 1210. The van der Waals surface area contributed by atoms with E-state index in [1.165, 1.54) is 17.7 Å². The van der Waals surface area contributed by atoms with Crippen molar-refractivity contribution in [3.05, 3.63) is 95.3 Å². The molecular formula is C26H30FN3O3S. The minimum absolute atomic E-state index is 0.0303. The van der Waals surface area contributed by atoms with E-state index in [0.717, 1.165) is 29.8 Å². The van der Waals surface area contributed by atoms with Crippen LogP contribution in [0.4, 0.5) is 10.1 Å². The lowest BCUT2D eigenvalue weighted by molar-refractivity contribution is -0.120. The number of hydrogen-bond donors (Lipinski definition) is 2. The fourth-order valence-corrected chi connectivity index (χ4v) is 4.35. The molecule has 3 aromatic carbocycles. The highest BCUT2D eigenvalue weighted by molar-refractivity contribution is 7.92. The number of halogens is 1. The molecule has 0 radical (unpaired) electrons. The molecule has 0 atom stereocenters. The van der Waals surface area contributed by atoms with Gasteiger partial charge in [0.15, 0.2) is 0 Å². The molecule has 0 aliphatic rings. The van der Waals surface area contributed by atoms with Crippen LogP contribution in [0.25, 0.3) is 0 Å². The third kappa shape index (κ3) is 7.13. The van der Waals surface area contributed by atoms with Gasteiger partial charge < -0.3 is 5.32 Å². The molecule has 180 valence electrons. The first-order valence-corrected chi connectivity index (χ1v) is 12.5. The van der Waals surface area contributed by atoms with Gasteiger partial charge in [0.2, 0.25) is 5.91 Å². The second-order valence-electron chi connectivity index (χ2n) is 8.49. The highest BCUT2D eigenvalue weighted by Crippen LogP contribution is 2.18. The maximum atomic E-state index is 13.1. The first-order chi connectivity index (χ1) is 16.1. The molecule has 0 spiro atoms. The van der Waals surface area contributed by atoms with Gasteiger partial charge in [0.25, 0.3) is 10.0 Å². The maximum Gasteiger partial charge on any atom is 0.261 e. The van der Waals surface area contributed by atoms with E-state index in [1.807, 2.05) is 18.2 Å². The number of amides is 1. The van der Waals surface area contributed by atoms with Crippen molar-refractivity contribution in [2.24, 2.45) is 0 Å². The predicted molar refractivity (Wildman–Crippen MR) is 132 cm³/mol. The van der Waals surface area contributed by atoms with E-state index in [9.17, 15) is 17.6 Å². The van der Waals surface area contributed by atoms with Crippen molar-refractivity contribution in [1.82, 2.24) is 10.2 Å². The molecule has 8 heteroatoms. The van der Waals surface area contributed by atoms with Gasteiger partial charge >= 0.3 is 0 Å².